The van der Waals surface area contributed by atoms with E-state index in [1.807, 2.05) is 43.3 Å². The normalized spacial score (nSPS) is 11.9. The first-order valence-electron chi connectivity index (χ1n) is 6.75. The van der Waals surface area contributed by atoms with Crippen molar-refractivity contribution in [1.82, 2.24) is 0 Å². The maximum Gasteiger partial charge on any atom is 0.338 e. The summed E-state index contributed by atoms with van der Waals surface area (Å²) in [6.07, 6.45) is 0. The summed E-state index contributed by atoms with van der Waals surface area (Å²) >= 11 is 0. The fourth-order valence-electron chi connectivity index (χ4n) is 1.99. The van der Waals surface area contributed by atoms with Crippen LogP contribution in [0.5, 0.6) is 0 Å². The van der Waals surface area contributed by atoms with Crippen molar-refractivity contribution in [3.63, 3.8) is 0 Å². The fraction of sp³-hybridized carbons (Fsp3) is 0.235. The minimum atomic E-state index is -0.286. The van der Waals surface area contributed by atoms with Crippen LogP contribution in [0, 0.1) is 0 Å². The zero-order chi connectivity index (χ0) is 14.5. The highest BCUT2D eigenvalue weighted by Gasteiger charge is 2.06. The molecule has 0 spiro atoms. The molecule has 0 fully saturated rings. The number of carbonyl (C=O) groups excluding carboxylic acids is 1. The first-order valence-corrected chi connectivity index (χ1v) is 6.75. The smallest absolute Gasteiger partial charge is 0.338 e. The second-order valence-corrected chi connectivity index (χ2v) is 4.71. The molecule has 0 aliphatic carbocycles. The van der Waals surface area contributed by atoms with Gasteiger partial charge >= 0.3 is 5.97 Å². The van der Waals surface area contributed by atoms with E-state index in [2.05, 4.69) is 0 Å². The highest BCUT2D eigenvalue weighted by molar-refractivity contribution is 5.90. The van der Waals surface area contributed by atoms with Crippen molar-refractivity contribution in [2.24, 2.45) is 5.73 Å². The molecule has 2 aromatic carbocycles. The first-order chi connectivity index (χ1) is 9.61. The summed E-state index contributed by atoms with van der Waals surface area (Å²) in [4.78, 5) is 11.6. The molecule has 2 rings (SSSR count). The van der Waals surface area contributed by atoms with Crippen LogP contribution < -0.4 is 5.73 Å². The minimum absolute atomic E-state index is 0.0373. The zero-order valence-electron chi connectivity index (χ0n) is 11.8. The van der Waals surface area contributed by atoms with E-state index in [1.165, 1.54) is 0 Å². The van der Waals surface area contributed by atoms with Gasteiger partial charge in [-0.15, -0.1) is 0 Å². The molecule has 0 aliphatic heterocycles. The van der Waals surface area contributed by atoms with Crippen LogP contribution >= 0.6 is 0 Å². The van der Waals surface area contributed by atoms with Crippen molar-refractivity contribution >= 4 is 5.97 Å². The average Bonchev–Trinajstić information content (AvgIpc) is 2.48. The third kappa shape index (κ3) is 3.25. The molecule has 2 N–H and O–H groups in total. The minimum Gasteiger partial charge on any atom is -0.462 e. The van der Waals surface area contributed by atoms with Crippen molar-refractivity contribution in [3.05, 3.63) is 59.7 Å². The predicted octanol–water partition coefficient (Wildman–Crippen LogP) is 3.55. The Hall–Kier alpha value is -2.13. The van der Waals surface area contributed by atoms with Crippen LogP contribution in [0.1, 0.15) is 35.8 Å². The van der Waals surface area contributed by atoms with Crippen LogP contribution in [-0.2, 0) is 4.74 Å². The van der Waals surface area contributed by atoms with Gasteiger partial charge in [-0.1, -0.05) is 36.4 Å². The van der Waals surface area contributed by atoms with Gasteiger partial charge in [0.05, 0.1) is 12.2 Å². The van der Waals surface area contributed by atoms with Crippen molar-refractivity contribution < 1.29 is 9.53 Å². The molecule has 0 heterocycles. The van der Waals surface area contributed by atoms with Crippen molar-refractivity contribution in [2.45, 2.75) is 19.9 Å². The van der Waals surface area contributed by atoms with E-state index in [0.29, 0.717) is 12.2 Å². The Balaban J connectivity index is 2.19. The second kappa shape index (κ2) is 6.35. The van der Waals surface area contributed by atoms with Crippen molar-refractivity contribution in [2.75, 3.05) is 6.61 Å². The largest absolute Gasteiger partial charge is 0.462 e. The van der Waals surface area contributed by atoms with Crippen LogP contribution in [0.25, 0.3) is 11.1 Å². The van der Waals surface area contributed by atoms with Crippen LogP contribution in [-0.4, -0.2) is 12.6 Å². The van der Waals surface area contributed by atoms with Gasteiger partial charge in [-0.3, -0.25) is 0 Å². The van der Waals surface area contributed by atoms with Gasteiger partial charge in [0, 0.05) is 6.04 Å². The third-order valence-electron chi connectivity index (χ3n) is 3.17. The summed E-state index contributed by atoms with van der Waals surface area (Å²) < 4.78 is 4.96. The first kappa shape index (κ1) is 14.3. The van der Waals surface area contributed by atoms with E-state index in [1.54, 1.807) is 19.1 Å². The van der Waals surface area contributed by atoms with Crippen molar-refractivity contribution in [1.29, 1.82) is 0 Å². The van der Waals surface area contributed by atoms with Gasteiger partial charge in [-0.25, -0.2) is 4.79 Å². The molecule has 1 atom stereocenters. The number of hydrogen-bond donors (Lipinski definition) is 1. The monoisotopic (exact) mass is 269 g/mol. The summed E-state index contributed by atoms with van der Waals surface area (Å²) in [7, 11) is 0. The number of esters is 1. The van der Waals surface area contributed by atoms with E-state index in [-0.39, 0.29) is 12.0 Å². The maximum absolute atomic E-state index is 11.6. The van der Waals surface area contributed by atoms with Gasteiger partial charge in [0.1, 0.15) is 0 Å². The molecule has 0 saturated heterocycles. The van der Waals surface area contributed by atoms with E-state index < -0.39 is 0 Å². The molecular formula is C17H19NO2. The second-order valence-electron chi connectivity index (χ2n) is 4.71. The Morgan fingerprint density at radius 3 is 2.00 bits per heavy atom. The molecule has 104 valence electrons. The molecule has 2 aromatic rings. The quantitative estimate of drug-likeness (QED) is 0.863. The van der Waals surface area contributed by atoms with Gasteiger partial charge in [-0.05, 0) is 42.7 Å². The summed E-state index contributed by atoms with van der Waals surface area (Å²) in [6.45, 7) is 4.15. The lowest BCUT2D eigenvalue weighted by Crippen LogP contribution is -2.04. The van der Waals surface area contributed by atoms with E-state index in [9.17, 15) is 4.79 Å². The molecule has 0 amide bonds. The van der Waals surface area contributed by atoms with Crippen LogP contribution in [0.15, 0.2) is 48.5 Å². The van der Waals surface area contributed by atoms with Crippen LogP contribution in [0.2, 0.25) is 0 Å². The molecule has 0 aliphatic rings. The number of ether oxygens (including phenoxy) is 1. The van der Waals surface area contributed by atoms with Gasteiger partial charge in [0.15, 0.2) is 0 Å². The lowest BCUT2D eigenvalue weighted by molar-refractivity contribution is 0.0526. The highest BCUT2D eigenvalue weighted by atomic mass is 16.5. The summed E-state index contributed by atoms with van der Waals surface area (Å²) in [5.41, 5.74) is 9.68. The topological polar surface area (TPSA) is 52.3 Å². The number of rotatable bonds is 4. The summed E-state index contributed by atoms with van der Waals surface area (Å²) in [5.74, 6) is -0.286. The predicted molar refractivity (Wildman–Crippen MR) is 80.4 cm³/mol. The van der Waals surface area contributed by atoms with Gasteiger partial charge in [-0.2, -0.15) is 0 Å². The number of carbonyl (C=O) groups is 1. The number of hydrogen-bond acceptors (Lipinski definition) is 3. The fourth-order valence-corrected chi connectivity index (χ4v) is 1.99. The molecule has 0 saturated carbocycles. The van der Waals surface area contributed by atoms with Gasteiger partial charge < -0.3 is 10.5 Å². The lowest BCUT2D eigenvalue weighted by Gasteiger charge is -2.08. The average molecular weight is 269 g/mol. The Bertz CT molecular complexity index is 571. The molecular weight excluding hydrogens is 250 g/mol. The number of benzene rings is 2. The highest BCUT2D eigenvalue weighted by Crippen LogP contribution is 2.22. The SMILES string of the molecule is CCOC(=O)c1ccc(-c2ccc(C(C)N)cc2)cc1. The van der Waals surface area contributed by atoms with Gasteiger partial charge in [0.2, 0.25) is 0 Å². The Kier molecular flexibility index (Phi) is 4.53. The summed E-state index contributed by atoms with van der Waals surface area (Å²) in [6, 6.07) is 15.6. The molecule has 3 heteroatoms. The zero-order valence-corrected chi connectivity index (χ0v) is 11.8. The molecule has 3 nitrogen and oxygen atoms in total. The van der Waals surface area contributed by atoms with Crippen molar-refractivity contribution in [3.8, 4) is 11.1 Å². The van der Waals surface area contributed by atoms with Crippen LogP contribution in [0.4, 0.5) is 0 Å². The molecule has 20 heavy (non-hydrogen) atoms. The van der Waals surface area contributed by atoms with Gasteiger partial charge in [0.25, 0.3) is 0 Å². The lowest BCUT2D eigenvalue weighted by atomic mass is 10.0. The van der Waals surface area contributed by atoms with E-state index in [0.717, 1.165) is 16.7 Å². The van der Waals surface area contributed by atoms with E-state index >= 15 is 0 Å². The molecule has 0 aromatic heterocycles. The maximum atomic E-state index is 11.6. The Morgan fingerprint density at radius 2 is 1.55 bits per heavy atom. The third-order valence-corrected chi connectivity index (χ3v) is 3.17. The van der Waals surface area contributed by atoms with Crippen LogP contribution in [0.3, 0.4) is 0 Å². The number of nitrogens with two attached hydrogens (primary N) is 1. The molecule has 0 radical (unpaired) electrons. The standard InChI is InChI=1S/C17H19NO2/c1-3-20-17(19)16-10-8-15(9-11-16)14-6-4-13(5-7-14)12(2)18/h4-12H,3,18H2,1-2H3. The van der Waals surface area contributed by atoms with E-state index in [4.69, 9.17) is 10.5 Å². The Morgan fingerprint density at radius 1 is 1.05 bits per heavy atom. The Labute approximate surface area is 119 Å². The molecule has 0 bridgehead atoms. The molecule has 1 unspecified atom stereocenters. The summed E-state index contributed by atoms with van der Waals surface area (Å²) in [5, 5.41) is 0.